The van der Waals surface area contributed by atoms with Crippen LogP contribution < -0.4 is 9.47 Å². The Labute approximate surface area is 115 Å². The molecule has 0 radical (unpaired) electrons. The van der Waals surface area contributed by atoms with Gasteiger partial charge in [0.1, 0.15) is 16.0 Å². The minimum absolute atomic E-state index is 0.0779. The molecule has 0 amide bonds. The molecule has 0 spiro atoms. The van der Waals surface area contributed by atoms with Gasteiger partial charge in [-0.2, -0.15) is 0 Å². The van der Waals surface area contributed by atoms with Gasteiger partial charge in [-0.3, -0.25) is 4.79 Å². The summed E-state index contributed by atoms with van der Waals surface area (Å²) in [6, 6.07) is 1.83. The molecule has 0 fully saturated rings. The van der Waals surface area contributed by atoms with E-state index in [2.05, 4.69) is 15.9 Å². The summed E-state index contributed by atoms with van der Waals surface area (Å²) in [5.74, 6) is 0.546. The molecule has 100 valence electrons. The molecule has 0 unspecified atom stereocenters. The van der Waals surface area contributed by atoms with E-state index >= 15 is 0 Å². The Morgan fingerprint density at radius 1 is 1.33 bits per heavy atom. The number of halogens is 1. The van der Waals surface area contributed by atoms with E-state index in [1.807, 2.05) is 19.9 Å². The third kappa shape index (κ3) is 2.96. The Hall–Kier alpha value is -1.23. The van der Waals surface area contributed by atoms with E-state index in [0.29, 0.717) is 21.5 Å². The van der Waals surface area contributed by atoms with E-state index in [9.17, 15) is 4.79 Å². The molecule has 0 bridgehead atoms. The largest absolute Gasteiger partial charge is 0.495 e. The lowest BCUT2D eigenvalue weighted by Gasteiger charge is -2.18. The van der Waals surface area contributed by atoms with Crippen LogP contribution in [0.4, 0.5) is 0 Å². The van der Waals surface area contributed by atoms with Gasteiger partial charge in [0.15, 0.2) is 0 Å². The number of methoxy groups -OCH3 is 2. The molecule has 1 rings (SSSR count). The summed E-state index contributed by atoms with van der Waals surface area (Å²) in [4.78, 5) is 10.9. The van der Waals surface area contributed by atoms with Gasteiger partial charge in [-0.1, -0.05) is 13.8 Å². The topological polar surface area (TPSA) is 55.8 Å². The van der Waals surface area contributed by atoms with Crippen molar-refractivity contribution in [2.45, 2.75) is 26.2 Å². The molecule has 5 heteroatoms. The average molecular weight is 317 g/mol. The molecular formula is C13H17BrO4. The van der Waals surface area contributed by atoms with Crippen molar-refractivity contribution in [3.63, 3.8) is 0 Å². The Kier molecular flexibility index (Phi) is 5.02. The summed E-state index contributed by atoms with van der Waals surface area (Å²) in [5, 5.41) is 8.93. The summed E-state index contributed by atoms with van der Waals surface area (Å²) in [5.41, 5.74) is 1.60. The maximum atomic E-state index is 10.9. The molecule has 0 saturated carbocycles. The van der Waals surface area contributed by atoms with Crippen LogP contribution in [0.3, 0.4) is 0 Å². The molecular weight excluding hydrogens is 300 g/mol. The zero-order chi connectivity index (χ0) is 13.9. The number of carboxylic acid groups (broad SMARTS) is 1. The minimum Gasteiger partial charge on any atom is -0.495 e. The van der Waals surface area contributed by atoms with Gasteiger partial charge in [-0.05, 0) is 33.5 Å². The summed E-state index contributed by atoms with van der Waals surface area (Å²) < 4.78 is 11.3. The number of aliphatic carboxylic acids is 1. The Bertz CT molecular complexity index is 455. The van der Waals surface area contributed by atoms with Crippen LogP contribution in [0.15, 0.2) is 10.5 Å². The van der Waals surface area contributed by atoms with E-state index in [4.69, 9.17) is 14.6 Å². The van der Waals surface area contributed by atoms with E-state index < -0.39 is 5.97 Å². The highest BCUT2D eigenvalue weighted by atomic mass is 79.9. The number of hydrogen-bond acceptors (Lipinski definition) is 3. The van der Waals surface area contributed by atoms with Gasteiger partial charge in [0.2, 0.25) is 0 Å². The third-order valence-corrected chi connectivity index (χ3v) is 3.37. The average Bonchev–Trinajstić information content (AvgIpc) is 2.27. The van der Waals surface area contributed by atoms with E-state index in [0.717, 1.165) is 5.56 Å². The first-order valence-electron chi connectivity index (χ1n) is 5.57. The second-order valence-electron chi connectivity index (χ2n) is 4.23. The zero-order valence-corrected chi connectivity index (χ0v) is 12.5. The lowest BCUT2D eigenvalue weighted by atomic mass is 9.97. The maximum Gasteiger partial charge on any atom is 0.307 e. The van der Waals surface area contributed by atoms with E-state index in [1.165, 1.54) is 7.11 Å². The standard InChI is InChI=1S/C13H17BrO4/c1-7(2)9-5-8(6-10(15)16)12(17-3)11(14)13(9)18-4/h5,7H,6H2,1-4H3,(H,15,16). The second kappa shape index (κ2) is 6.09. The second-order valence-corrected chi connectivity index (χ2v) is 5.02. The highest BCUT2D eigenvalue weighted by molar-refractivity contribution is 9.10. The van der Waals surface area contributed by atoms with Crippen molar-refractivity contribution < 1.29 is 19.4 Å². The normalized spacial score (nSPS) is 10.6. The van der Waals surface area contributed by atoms with Gasteiger partial charge >= 0.3 is 5.97 Å². The fourth-order valence-electron chi connectivity index (χ4n) is 1.84. The predicted octanol–water partition coefficient (Wildman–Crippen LogP) is 3.22. The van der Waals surface area contributed by atoms with Crippen LogP contribution in [0.1, 0.15) is 30.9 Å². The first-order valence-corrected chi connectivity index (χ1v) is 6.36. The monoisotopic (exact) mass is 316 g/mol. The summed E-state index contributed by atoms with van der Waals surface area (Å²) >= 11 is 3.42. The zero-order valence-electron chi connectivity index (χ0n) is 10.9. The van der Waals surface area contributed by atoms with Gasteiger partial charge in [0.25, 0.3) is 0 Å². The van der Waals surface area contributed by atoms with Crippen LogP contribution in [-0.2, 0) is 11.2 Å². The predicted molar refractivity (Wildman–Crippen MR) is 72.7 cm³/mol. The Morgan fingerprint density at radius 2 is 1.89 bits per heavy atom. The van der Waals surface area contributed by atoms with Crippen LogP contribution >= 0.6 is 15.9 Å². The summed E-state index contributed by atoms with van der Waals surface area (Å²) in [6.07, 6.45) is -0.0779. The highest BCUT2D eigenvalue weighted by Gasteiger charge is 2.20. The summed E-state index contributed by atoms with van der Waals surface area (Å²) in [6.45, 7) is 4.06. The molecule has 0 saturated heterocycles. The molecule has 4 nitrogen and oxygen atoms in total. The van der Waals surface area contributed by atoms with Crippen molar-refractivity contribution in [3.05, 3.63) is 21.7 Å². The fraction of sp³-hybridized carbons (Fsp3) is 0.462. The van der Waals surface area contributed by atoms with Crippen molar-refractivity contribution in [2.75, 3.05) is 14.2 Å². The molecule has 0 aliphatic rings. The number of benzene rings is 1. The molecule has 18 heavy (non-hydrogen) atoms. The number of ether oxygens (including phenoxy) is 2. The van der Waals surface area contributed by atoms with Crippen molar-refractivity contribution >= 4 is 21.9 Å². The molecule has 1 aromatic rings. The lowest BCUT2D eigenvalue weighted by molar-refractivity contribution is -0.136. The molecule has 0 aromatic heterocycles. The van der Waals surface area contributed by atoms with Gasteiger partial charge in [-0.25, -0.2) is 0 Å². The quantitative estimate of drug-likeness (QED) is 0.906. The Balaban J connectivity index is 3.47. The molecule has 0 heterocycles. The first kappa shape index (κ1) is 14.8. The Morgan fingerprint density at radius 3 is 2.28 bits per heavy atom. The van der Waals surface area contributed by atoms with Crippen LogP contribution in [0.25, 0.3) is 0 Å². The number of rotatable bonds is 5. The van der Waals surface area contributed by atoms with Crippen LogP contribution in [0.5, 0.6) is 11.5 Å². The van der Waals surface area contributed by atoms with Crippen molar-refractivity contribution in [2.24, 2.45) is 0 Å². The van der Waals surface area contributed by atoms with Crippen LogP contribution in [-0.4, -0.2) is 25.3 Å². The molecule has 0 atom stereocenters. The van der Waals surface area contributed by atoms with Gasteiger partial charge in [0.05, 0.1) is 20.6 Å². The van der Waals surface area contributed by atoms with Crippen molar-refractivity contribution in [1.82, 2.24) is 0 Å². The van der Waals surface area contributed by atoms with E-state index in [-0.39, 0.29) is 12.3 Å². The summed E-state index contributed by atoms with van der Waals surface area (Å²) in [7, 11) is 3.10. The number of carbonyl (C=O) groups is 1. The maximum absolute atomic E-state index is 10.9. The highest BCUT2D eigenvalue weighted by Crippen LogP contribution is 2.42. The van der Waals surface area contributed by atoms with Gasteiger partial charge in [0, 0.05) is 5.56 Å². The minimum atomic E-state index is -0.889. The van der Waals surface area contributed by atoms with E-state index in [1.54, 1.807) is 7.11 Å². The SMILES string of the molecule is COc1c(CC(=O)O)cc(C(C)C)c(OC)c1Br. The van der Waals surface area contributed by atoms with Crippen LogP contribution in [0.2, 0.25) is 0 Å². The van der Waals surface area contributed by atoms with Crippen molar-refractivity contribution in [3.8, 4) is 11.5 Å². The molecule has 1 aromatic carbocycles. The van der Waals surface area contributed by atoms with Crippen molar-refractivity contribution in [1.29, 1.82) is 0 Å². The smallest absolute Gasteiger partial charge is 0.307 e. The first-order chi connectivity index (χ1) is 8.42. The molecule has 1 N–H and O–H groups in total. The van der Waals surface area contributed by atoms with Gasteiger partial charge < -0.3 is 14.6 Å². The number of carboxylic acids is 1. The number of hydrogen-bond donors (Lipinski definition) is 1. The molecule has 0 aliphatic heterocycles. The third-order valence-electron chi connectivity index (χ3n) is 2.65. The lowest BCUT2D eigenvalue weighted by Crippen LogP contribution is -2.06. The molecule has 0 aliphatic carbocycles. The van der Waals surface area contributed by atoms with Crippen LogP contribution in [0, 0.1) is 0 Å². The fourth-order valence-corrected chi connectivity index (χ4v) is 2.65. The van der Waals surface area contributed by atoms with Gasteiger partial charge in [-0.15, -0.1) is 0 Å².